The van der Waals surface area contributed by atoms with Crippen LogP contribution in [-0.2, 0) is 5.41 Å². The third-order valence-electron chi connectivity index (χ3n) is 4.01. The van der Waals surface area contributed by atoms with Crippen molar-refractivity contribution in [1.29, 1.82) is 0 Å². The van der Waals surface area contributed by atoms with Crippen LogP contribution in [0, 0.1) is 0 Å². The van der Waals surface area contributed by atoms with Crippen LogP contribution in [0.4, 0.5) is 0 Å². The molecule has 0 radical (unpaired) electrons. The Hall–Kier alpha value is 0.200. The van der Waals surface area contributed by atoms with Crippen LogP contribution < -0.4 is 5.73 Å². The van der Waals surface area contributed by atoms with Crippen molar-refractivity contribution < 1.29 is 0 Å². The van der Waals surface area contributed by atoms with E-state index >= 15 is 0 Å². The molecule has 0 amide bonds. The van der Waals surface area contributed by atoms with Crippen LogP contribution in [0.1, 0.15) is 38.2 Å². The van der Waals surface area contributed by atoms with Gasteiger partial charge in [-0.05, 0) is 37.0 Å². The standard InChI is InChI=1S/C14H19ClIN/c1-2-3-13(17)14(9-8-12(14)16)10-4-6-11(15)7-5-10/h4-7,12-13H,2-3,8-9,17H2,1H3. The van der Waals surface area contributed by atoms with Crippen LogP contribution in [-0.4, -0.2) is 9.97 Å². The van der Waals surface area contributed by atoms with Gasteiger partial charge in [0, 0.05) is 20.4 Å². The largest absolute Gasteiger partial charge is 0.327 e. The molecule has 0 aliphatic heterocycles. The Labute approximate surface area is 122 Å². The molecule has 0 aromatic heterocycles. The molecule has 94 valence electrons. The molecule has 0 spiro atoms. The van der Waals surface area contributed by atoms with Crippen LogP contribution in [0.25, 0.3) is 0 Å². The molecule has 0 heterocycles. The molecule has 3 heteroatoms. The molecule has 3 unspecified atom stereocenters. The van der Waals surface area contributed by atoms with Crippen molar-refractivity contribution in [3.63, 3.8) is 0 Å². The van der Waals surface area contributed by atoms with Gasteiger partial charge in [0.05, 0.1) is 0 Å². The van der Waals surface area contributed by atoms with Gasteiger partial charge in [0.15, 0.2) is 0 Å². The van der Waals surface area contributed by atoms with E-state index in [2.05, 4.69) is 41.6 Å². The molecular weight excluding hydrogens is 345 g/mol. The van der Waals surface area contributed by atoms with Gasteiger partial charge in [-0.15, -0.1) is 0 Å². The Balaban J connectivity index is 2.31. The Bertz CT molecular complexity index is 378. The van der Waals surface area contributed by atoms with E-state index in [1.165, 1.54) is 18.4 Å². The molecular formula is C14H19ClIN. The van der Waals surface area contributed by atoms with Crippen molar-refractivity contribution in [3.8, 4) is 0 Å². The Kier molecular flexibility index (Phi) is 4.37. The molecule has 1 aromatic carbocycles. The maximum Gasteiger partial charge on any atom is 0.0406 e. The summed E-state index contributed by atoms with van der Waals surface area (Å²) in [6, 6.07) is 8.55. The quantitative estimate of drug-likeness (QED) is 0.626. The second-order valence-corrected chi connectivity index (χ2v) is 6.89. The van der Waals surface area contributed by atoms with Crippen LogP contribution >= 0.6 is 34.2 Å². The molecule has 0 bridgehead atoms. The van der Waals surface area contributed by atoms with Gasteiger partial charge in [-0.2, -0.15) is 0 Å². The zero-order valence-electron chi connectivity index (χ0n) is 10.1. The summed E-state index contributed by atoms with van der Waals surface area (Å²) in [6.07, 6.45) is 4.74. The summed E-state index contributed by atoms with van der Waals surface area (Å²) in [5.41, 5.74) is 8.00. The summed E-state index contributed by atoms with van der Waals surface area (Å²) in [7, 11) is 0. The first-order chi connectivity index (χ1) is 8.11. The molecule has 3 atom stereocenters. The summed E-state index contributed by atoms with van der Waals surface area (Å²) in [6.45, 7) is 2.20. The van der Waals surface area contributed by atoms with E-state index in [0.717, 1.165) is 17.9 Å². The Morgan fingerprint density at radius 3 is 2.53 bits per heavy atom. The molecule has 1 aromatic rings. The van der Waals surface area contributed by atoms with E-state index in [1.54, 1.807) is 0 Å². The third kappa shape index (κ3) is 2.36. The lowest BCUT2D eigenvalue weighted by atomic mass is 9.59. The fourth-order valence-corrected chi connectivity index (χ4v) is 4.42. The average molecular weight is 364 g/mol. The SMILES string of the molecule is CCCC(N)C1(c2ccc(Cl)cc2)CCC1I. The van der Waals surface area contributed by atoms with Gasteiger partial charge in [-0.25, -0.2) is 0 Å². The monoisotopic (exact) mass is 363 g/mol. The molecule has 1 fully saturated rings. The highest BCUT2D eigenvalue weighted by Crippen LogP contribution is 2.51. The van der Waals surface area contributed by atoms with Gasteiger partial charge in [0.25, 0.3) is 0 Å². The van der Waals surface area contributed by atoms with Crippen LogP contribution in [0.3, 0.4) is 0 Å². The van der Waals surface area contributed by atoms with Crippen LogP contribution in [0.5, 0.6) is 0 Å². The normalized spacial score (nSPS) is 29.8. The minimum Gasteiger partial charge on any atom is -0.327 e. The second-order valence-electron chi connectivity index (χ2n) is 4.95. The van der Waals surface area contributed by atoms with E-state index in [4.69, 9.17) is 17.3 Å². The van der Waals surface area contributed by atoms with Gasteiger partial charge in [0.1, 0.15) is 0 Å². The molecule has 2 N–H and O–H groups in total. The first-order valence-electron chi connectivity index (χ1n) is 6.27. The number of benzene rings is 1. The van der Waals surface area contributed by atoms with E-state index < -0.39 is 0 Å². The van der Waals surface area contributed by atoms with Crippen molar-refractivity contribution in [1.82, 2.24) is 0 Å². The average Bonchev–Trinajstić information content (AvgIpc) is 2.31. The lowest BCUT2D eigenvalue weighted by molar-refractivity contribution is 0.209. The summed E-state index contributed by atoms with van der Waals surface area (Å²) in [5.74, 6) is 0. The molecule has 17 heavy (non-hydrogen) atoms. The maximum atomic E-state index is 6.45. The van der Waals surface area contributed by atoms with Crippen molar-refractivity contribution in [2.75, 3.05) is 0 Å². The van der Waals surface area contributed by atoms with E-state index in [9.17, 15) is 0 Å². The summed E-state index contributed by atoms with van der Waals surface area (Å²) in [4.78, 5) is 0. The van der Waals surface area contributed by atoms with Gasteiger partial charge in [-0.3, -0.25) is 0 Å². The minimum absolute atomic E-state index is 0.182. The molecule has 1 aliphatic rings. The maximum absolute atomic E-state index is 6.45. The number of rotatable bonds is 4. The van der Waals surface area contributed by atoms with Crippen molar-refractivity contribution >= 4 is 34.2 Å². The fraction of sp³-hybridized carbons (Fsp3) is 0.571. The summed E-state index contributed by atoms with van der Waals surface area (Å²) in [5, 5.41) is 0.803. The smallest absolute Gasteiger partial charge is 0.0406 e. The summed E-state index contributed by atoms with van der Waals surface area (Å²) >= 11 is 8.53. The number of hydrogen-bond donors (Lipinski definition) is 1. The predicted octanol–water partition coefficient (Wildman–Crippen LogP) is 4.30. The topological polar surface area (TPSA) is 26.0 Å². The molecule has 1 saturated carbocycles. The van der Waals surface area contributed by atoms with Gasteiger partial charge >= 0.3 is 0 Å². The second kappa shape index (κ2) is 5.45. The Morgan fingerprint density at radius 1 is 1.47 bits per heavy atom. The summed E-state index contributed by atoms with van der Waals surface area (Å²) < 4.78 is 0.655. The highest BCUT2D eigenvalue weighted by atomic mass is 127. The molecule has 2 rings (SSSR count). The van der Waals surface area contributed by atoms with Gasteiger partial charge in [-0.1, -0.05) is 59.7 Å². The minimum atomic E-state index is 0.182. The van der Waals surface area contributed by atoms with E-state index in [-0.39, 0.29) is 11.5 Å². The first kappa shape index (κ1) is 13.6. The van der Waals surface area contributed by atoms with Crippen molar-refractivity contribution in [2.45, 2.75) is 48.0 Å². The molecule has 0 saturated heterocycles. The van der Waals surface area contributed by atoms with Crippen molar-refractivity contribution in [2.24, 2.45) is 5.73 Å². The number of hydrogen-bond acceptors (Lipinski definition) is 1. The van der Waals surface area contributed by atoms with E-state index in [1.807, 2.05) is 12.1 Å². The zero-order valence-corrected chi connectivity index (χ0v) is 13.0. The Morgan fingerprint density at radius 2 is 2.12 bits per heavy atom. The highest BCUT2D eigenvalue weighted by molar-refractivity contribution is 14.1. The number of halogens is 2. The van der Waals surface area contributed by atoms with Crippen LogP contribution in [0.2, 0.25) is 5.02 Å². The third-order valence-corrected chi connectivity index (χ3v) is 6.00. The lowest BCUT2D eigenvalue weighted by Crippen LogP contribution is -2.57. The van der Waals surface area contributed by atoms with Crippen molar-refractivity contribution in [3.05, 3.63) is 34.9 Å². The van der Waals surface area contributed by atoms with Gasteiger partial charge in [0.2, 0.25) is 0 Å². The first-order valence-corrected chi connectivity index (χ1v) is 7.89. The number of nitrogens with two attached hydrogens (primary N) is 1. The zero-order chi connectivity index (χ0) is 12.5. The molecule has 1 aliphatic carbocycles. The highest BCUT2D eigenvalue weighted by Gasteiger charge is 2.50. The van der Waals surface area contributed by atoms with E-state index in [0.29, 0.717) is 3.92 Å². The van der Waals surface area contributed by atoms with Gasteiger partial charge < -0.3 is 5.73 Å². The lowest BCUT2D eigenvalue weighted by Gasteiger charge is -2.51. The number of alkyl halides is 1. The predicted molar refractivity (Wildman–Crippen MR) is 83.1 cm³/mol. The van der Waals surface area contributed by atoms with Crippen LogP contribution in [0.15, 0.2) is 24.3 Å². The molecule has 1 nitrogen and oxygen atoms in total. The fourth-order valence-electron chi connectivity index (χ4n) is 2.85.